The number of rotatable bonds is 6. The van der Waals surface area contributed by atoms with E-state index in [1.807, 2.05) is 24.0 Å². The van der Waals surface area contributed by atoms with Crippen LogP contribution < -0.4 is 0 Å². The van der Waals surface area contributed by atoms with Crippen LogP contribution in [0.3, 0.4) is 0 Å². The number of piperidine rings is 1. The van der Waals surface area contributed by atoms with Crippen molar-refractivity contribution < 1.29 is 13.2 Å². The van der Waals surface area contributed by atoms with Crippen molar-refractivity contribution in [3.8, 4) is 0 Å². The fourth-order valence-electron chi connectivity index (χ4n) is 3.62. The molecule has 0 bridgehead atoms. The number of nitrogens with zero attached hydrogens (tertiary/aromatic N) is 2. The molecule has 0 aromatic heterocycles. The van der Waals surface area contributed by atoms with Crippen LogP contribution in [0.1, 0.15) is 42.6 Å². The summed E-state index contributed by atoms with van der Waals surface area (Å²) in [5.41, 5.74) is 1.52. The lowest BCUT2D eigenvalue weighted by Gasteiger charge is -2.31. The Hall–Kier alpha value is -2.18. The summed E-state index contributed by atoms with van der Waals surface area (Å²) < 4.78 is 27.1. The quantitative estimate of drug-likeness (QED) is 0.742. The number of hydrogen-bond donors (Lipinski definition) is 0. The van der Waals surface area contributed by atoms with Crippen molar-refractivity contribution >= 4 is 15.9 Å². The Balaban J connectivity index is 1.71. The lowest BCUT2D eigenvalue weighted by Crippen LogP contribution is -2.39. The molecule has 28 heavy (non-hydrogen) atoms. The van der Waals surface area contributed by atoms with E-state index in [1.165, 1.54) is 10.7 Å². The number of benzene rings is 2. The van der Waals surface area contributed by atoms with Gasteiger partial charge in [0.2, 0.25) is 10.0 Å². The summed E-state index contributed by atoms with van der Waals surface area (Å²) in [4.78, 5) is 14.9. The highest BCUT2D eigenvalue weighted by Gasteiger charge is 2.24. The predicted octanol–water partition coefficient (Wildman–Crippen LogP) is 3.77. The van der Waals surface area contributed by atoms with Crippen molar-refractivity contribution in [3.05, 3.63) is 65.7 Å². The van der Waals surface area contributed by atoms with E-state index in [4.69, 9.17) is 0 Å². The minimum absolute atomic E-state index is 0.0577. The first kappa shape index (κ1) is 20.6. The Morgan fingerprint density at radius 3 is 2.39 bits per heavy atom. The first-order valence-corrected chi connectivity index (χ1v) is 11.3. The molecule has 1 heterocycles. The molecule has 0 radical (unpaired) electrons. The number of amides is 1. The summed E-state index contributed by atoms with van der Waals surface area (Å²) in [6.45, 7) is 6.28. The van der Waals surface area contributed by atoms with E-state index < -0.39 is 10.0 Å². The lowest BCUT2D eigenvalue weighted by molar-refractivity contribution is 0.0683. The number of carbonyl (C=O) groups excluding carboxylic acids is 1. The zero-order chi connectivity index (χ0) is 20.1. The van der Waals surface area contributed by atoms with Gasteiger partial charge in [-0.15, -0.1) is 0 Å². The molecule has 0 N–H and O–H groups in total. The van der Waals surface area contributed by atoms with Gasteiger partial charge < -0.3 is 4.90 Å². The van der Waals surface area contributed by atoms with Crippen LogP contribution in [0.15, 0.2) is 59.5 Å². The Bertz CT molecular complexity index is 895. The van der Waals surface area contributed by atoms with E-state index >= 15 is 0 Å². The molecule has 1 fully saturated rings. The van der Waals surface area contributed by atoms with Crippen LogP contribution in [0.5, 0.6) is 0 Å². The van der Waals surface area contributed by atoms with Crippen molar-refractivity contribution in [3.63, 3.8) is 0 Å². The summed E-state index contributed by atoms with van der Waals surface area (Å²) in [5.74, 6) is 0.598. The van der Waals surface area contributed by atoms with Gasteiger partial charge in [-0.2, -0.15) is 4.31 Å². The fourth-order valence-corrected chi connectivity index (χ4v) is 5.08. The third-order valence-electron chi connectivity index (χ3n) is 5.24. The van der Waals surface area contributed by atoms with Crippen LogP contribution in [-0.2, 0) is 16.6 Å². The van der Waals surface area contributed by atoms with Crippen LogP contribution in [0, 0.1) is 5.92 Å². The second-order valence-corrected chi connectivity index (χ2v) is 9.38. The largest absolute Gasteiger partial charge is 0.338 e. The molecule has 3 rings (SSSR count). The average Bonchev–Trinajstić information content (AvgIpc) is 2.72. The van der Waals surface area contributed by atoms with E-state index in [0.717, 1.165) is 25.1 Å². The zero-order valence-corrected chi connectivity index (χ0v) is 17.4. The highest BCUT2D eigenvalue weighted by atomic mass is 32.2. The predicted molar refractivity (Wildman–Crippen MR) is 110 cm³/mol. The van der Waals surface area contributed by atoms with Gasteiger partial charge in [0.05, 0.1) is 4.90 Å². The SMILES string of the molecule is CCN(Cc1ccc(C(=O)N2CCCC(C)C2)cc1)S(=O)(=O)c1ccccc1. The Kier molecular flexibility index (Phi) is 6.52. The number of hydrogen-bond acceptors (Lipinski definition) is 3. The average molecular weight is 401 g/mol. The number of likely N-dealkylation sites (tertiary alicyclic amines) is 1. The highest BCUT2D eigenvalue weighted by molar-refractivity contribution is 7.89. The van der Waals surface area contributed by atoms with E-state index in [-0.39, 0.29) is 12.5 Å². The number of sulfonamides is 1. The van der Waals surface area contributed by atoms with Crippen molar-refractivity contribution in [2.45, 2.75) is 38.1 Å². The molecule has 1 atom stereocenters. The van der Waals surface area contributed by atoms with Crippen LogP contribution in [0.4, 0.5) is 0 Å². The number of carbonyl (C=O) groups is 1. The summed E-state index contributed by atoms with van der Waals surface area (Å²) in [6, 6.07) is 15.8. The van der Waals surface area contributed by atoms with Gasteiger partial charge in [-0.05, 0) is 48.6 Å². The zero-order valence-electron chi connectivity index (χ0n) is 16.5. The van der Waals surface area contributed by atoms with Crippen LogP contribution in [0.2, 0.25) is 0 Å². The second-order valence-electron chi connectivity index (χ2n) is 7.44. The molecule has 5 nitrogen and oxygen atoms in total. The van der Waals surface area contributed by atoms with E-state index in [9.17, 15) is 13.2 Å². The molecule has 0 aliphatic carbocycles. The van der Waals surface area contributed by atoms with Gasteiger partial charge in [0.25, 0.3) is 5.91 Å². The molecule has 0 saturated carbocycles. The van der Waals surface area contributed by atoms with Crippen molar-refractivity contribution in [2.75, 3.05) is 19.6 Å². The monoisotopic (exact) mass is 400 g/mol. The first-order chi connectivity index (χ1) is 13.4. The van der Waals surface area contributed by atoms with Crippen LogP contribution >= 0.6 is 0 Å². The second kappa shape index (κ2) is 8.88. The first-order valence-electron chi connectivity index (χ1n) is 9.85. The Morgan fingerprint density at radius 1 is 1.11 bits per heavy atom. The van der Waals surface area contributed by atoms with Crippen molar-refractivity contribution in [1.82, 2.24) is 9.21 Å². The molecule has 1 unspecified atom stereocenters. The minimum atomic E-state index is -3.54. The summed E-state index contributed by atoms with van der Waals surface area (Å²) in [6.07, 6.45) is 2.22. The van der Waals surface area contributed by atoms with Crippen LogP contribution in [-0.4, -0.2) is 43.2 Å². The van der Waals surface area contributed by atoms with E-state index in [0.29, 0.717) is 22.9 Å². The molecule has 1 aliphatic rings. The molecule has 1 saturated heterocycles. The molecule has 2 aromatic rings. The van der Waals surface area contributed by atoms with Crippen molar-refractivity contribution in [2.24, 2.45) is 5.92 Å². The van der Waals surface area contributed by atoms with Gasteiger partial charge >= 0.3 is 0 Å². The Morgan fingerprint density at radius 2 is 1.79 bits per heavy atom. The maximum absolute atomic E-state index is 12.8. The normalized spacial score (nSPS) is 17.7. The molecule has 6 heteroatoms. The van der Waals surface area contributed by atoms with E-state index in [1.54, 1.807) is 42.5 Å². The van der Waals surface area contributed by atoms with Gasteiger partial charge in [0, 0.05) is 31.7 Å². The summed E-state index contributed by atoms with van der Waals surface area (Å²) >= 11 is 0. The van der Waals surface area contributed by atoms with Gasteiger partial charge in [-0.3, -0.25) is 4.79 Å². The van der Waals surface area contributed by atoms with E-state index in [2.05, 4.69) is 6.92 Å². The minimum Gasteiger partial charge on any atom is -0.338 e. The van der Waals surface area contributed by atoms with Crippen LogP contribution in [0.25, 0.3) is 0 Å². The molecule has 1 aliphatic heterocycles. The topological polar surface area (TPSA) is 57.7 Å². The summed E-state index contributed by atoms with van der Waals surface area (Å²) in [5, 5.41) is 0. The third kappa shape index (κ3) is 4.62. The van der Waals surface area contributed by atoms with Gasteiger partial charge in [0.1, 0.15) is 0 Å². The standard InChI is InChI=1S/C22H28N2O3S/c1-3-24(28(26,27)21-9-5-4-6-10-21)17-19-11-13-20(14-12-19)22(25)23-15-7-8-18(2)16-23/h4-6,9-14,18H,3,7-8,15-17H2,1-2H3. The smallest absolute Gasteiger partial charge is 0.253 e. The van der Waals surface area contributed by atoms with Gasteiger partial charge in [-0.1, -0.05) is 44.2 Å². The maximum Gasteiger partial charge on any atom is 0.253 e. The molecular formula is C22H28N2O3S. The van der Waals surface area contributed by atoms with Gasteiger partial charge in [0.15, 0.2) is 0 Å². The lowest BCUT2D eigenvalue weighted by atomic mass is 9.99. The fraction of sp³-hybridized carbons (Fsp3) is 0.409. The molecule has 0 spiro atoms. The molecule has 150 valence electrons. The Labute approximate surface area is 168 Å². The maximum atomic E-state index is 12.8. The molecular weight excluding hydrogens is 372 g/mol. The van der Waals surface area contributed by atoms with Gasteiger partial charge in [-0.25, -0.2) is 8.42 Å². The molecule has 1 amide bonds. The highest BCUT2D eigenvalue weighted by Crippen LogP contribution is 2.20. The third-order valence-corrected chi connectivity index (χ3v) is 7.17. The molecule has 2 aromatic carbocycles. The summed E-state index contributed by atoms with van der Waals surface area (Å²) in [7, 11) is -3.54. The van der Waals surface area contributed by atoms with Crippen molar-refractivity contribution in [1.29, 1.82) is 0 Å².